The van der Waals surface area contributed by atoms with E-state index in [0.29, 0.717) is 16.0 Å². The van der Waals surface area contributed by atoms with Crippen molar-refractivity contribution < 1.29 is 37.3 Å². The van der Waals surface area contributed by atoms with Gasteiger partial charge in [-0.05, 0) is 42.8 Å². The number of rotatable bonds is 6. The van der Waals surface area contributed by atoms with Crippen LogP contribution < -0.4 is 14.3 Å². The van der Waals surface area contributed by atoms with Crippen LogP contribution in [0.1, 0.15) is 29.7 Å². The van der Waals surface area contributed by atoms with Gasteiger partial charge in [0, 0.05) is 5.56 Å². The Morgan fingerprint density at radius 3 is 2.55 bits per heavy atom. The van der Waals surface area contributed by atoms with E-state index in [4.69, 9.17) is 4.74 Å². The first-order valence-corrected chi connectivity index (χ1v) is 9.81. The maximum Gasteiger partial charge on any atom is 0.573 e. The fourth-order valence-electron chi connectivity index (χ4n) is 2.98. The molecule has 0 aliphatic carbocycles. The van der Waals surface area contributed by atoms with Crippen molar-refractivity contribution in [3.05, 3.63) is 52.8 Å². The Morgan fingerprint density at radius 1 is 1.19 bits per heavy atom. The van der Waals surface area contributed by atoms with Crippen LogP contribution in [-0.4, -0.2) is 35.0 Å². The number of alkyl halides is 3. The molecule has 1 atom stereocenters. The number of halogens is 3. The van der Waals surface area contributed by atoms with Crippen LogP contribution in [-0.2, 0) is 4.79 Å². The fourth-order valence-corrected chi connectivity index (χ4v) is 4.07. The molecule has 1 aromatic heterocycles. The summed E-state index contributed by atoms with van der Waals surface area (Å²) in [6.07, 6.45) is -4.70. The van der Waals surface area contributed by atoms with E-state index in [1.165, 1.54) is 29.9 Å². The second-order valence-electron chi connectivity index (χ2n) is 6.34. The maximum atomic E-state index is 12.7. The van der Waals surface area contributed by atoms with E-state index in [0.717, 1.165) is 23.5 Å². The zero-order valence-corrected chi connectivity index (χ0v) is 17.2. The van der Waals surface area contributed by atoms with Gasteiger partial charge in [-0.15, -0.1) is 13.2 Å². The summed E-state index contributed by atoms with van der Waals surface area (Å²) in [5.41, 5.74) is 0.541. The maximum absolute atomic E-state index is 12.7. The highest BCUT2D eigenvalue weighted by molar-refractivity contribution is 7.16. The number of aliphatic carboxylic acids is 1. The van der Waals surface area contributed by atoms with Crippen LogP contribution in [0.15, 0.2) is 47.5 Å². The largest absolute Gasteiger partial charge is 0.573 e. The molecule has 1 N–H and O–H groups in total. The zero-order chi connectivity index (χ0) is 22.8. The zero-order valence-electron chi connectivity index (χ0n) is 16.3. The normalized spacial score (nSPS) is 13.3. The average Bonchev–Trinajstić information content (AvgIpc) is 3.04. The van der Waals surface area contributed by atoms with Gasteiger partial charge in [0.2, 0.25) is 0 Å². The molecular weight excluding hydrogens is 437 g/mol. The molecular formula is C20H17F3N2O5S. The molecule has 0 bridgehead atoms. The van der Waals surface area contributed by atoms with E-state index in [1.807, 2.05) is 0 Å². The summed E-state index contributed by atoms with van der Waals surface area (Å²) in [5.74, 6) is -1.82. The number of fused-ring (bicyclic) bond motifs is 1. The van der Waals surface area contributed by atoms with Crippen molar-refractivity contribution in [1.29, 1.82) is 0 Å². The first kappa shape index (κ1) is 22.3. The number of aromatic nitrogens is 1. The quantitative estimate of drug-likeness (QED) is 0.597. The molecule has 0 saturated heterocycles. The van der Waals surface area contributed by atoms with Crippen molar-refractivity contribution in [2.45, 2.75) is 25.7 Å². The number of ether oxygens (including phenoxy) is 2. The standard InChI is InChI=1S/C20H17F3N2O5S/c1-3-14(18(27)28)25-15-8-7-13(30-20(21,22)23)10-16(15)31-19(25)24-17(26)11-5-4-6-12(9-11)29-2/h4-10,14H,3H2,1-2H3,(H,27,28). The summed E-state index contributed by atoms with van der Waals surface area (Å²) in [7, 11) is 1.44. The van der Waals surface area contributed by atoms with Gasteiger partial charge in [0.25, 0.3) is 5.91 Å². The second-order valence-corrected chi connectivity index (χ2v) is 7.35. The molecule has 0 radical (unpaired) electrons. The molecule has 2 aromatic carbocycles. The van der Waals surface area contributed by atoms with E-state index < -0.39 is 30.0 Å². The number of methoxy groups -OCH3 is 1. The van der Waals surface area contributed by atoms with Gasteiger partial charge in [-0.1, -0.05) is 24.3 Å². The highest BCUT2D eigenvalue weighted by Gasteiger charge is 2.31. The van der Waals surface area contributed by atoms with Crippen LogP contribution in [0.3, 0.4) is 0 Å². The number of carboxylic acid groups (broad SMARTS) is 1. The number of carbonyl (C=O) groups excluding carboxylic acids is 1. The number of amides is 1. The van der Waals surface area contributed by atoms with Crippen molar-refractivity contribution in [1.82, 2.24) is 4.57 Å². The van der Waals surface area contributed by atoms with Crippen LogP contribution in [0.25, 0.3) is 10.2 Å². The summed E-state index contributed by atoms with van der Waals surface area (Å²) in [6.45, 7) is 1.64. The Morgan fingerprint density at radius 2 is 1.94 bits per heavy atom. The second kappa shape index (κ2) is 8.80. The van der Waals surface area contributed by atoms with Crippen LogP contribution in [0.5, 0.6) is 11.5 Å². The Bertz CT molecular complexity index is 1200. The summed E-state index contributed by atoms with van der Waals surface area (Å²) < 4.78 is 48.3. The molecule has 0 aliphatic rings. The number of carbonyl (C=O) groups is 2. The smallest absolute Gasteiger partial charge is 0.497 e. The van der Waals surface area contributed by atoms with Crippen molar-refractivity contribution in [2.75, 3.05) is 7.11 Å². The predicted octanol–water partition coefficient (Wildman–Crippen LogP) is 4.39. The fraction of sp³-hybridized carbons (Fsp3) is 0.250. The summed E-state index contributed by atoms with van der Waals surface area (Å²) in [4.78, 5) is 28.6. The molecule has 3 rings (SSSR count). The third-order valence-electron chi connectivity index (χ3n) is 4.33. The SMILES string of the molecule is CCC(C(=O)O)n1c(=NC(=O)c2cccc(OC)c2)sc2cc(OC(F)(F)F)ccc21. The molecule has 1 heterocycles. The minimum atomic E-state index is -4.87. The van der Waals surface area contributed by atoms with E-state index in [2.05, 4.69) is 9.73 Å². The highest BCUT2D eigenvalue weighted by Crippen LogP contribution is 2.30. The lowest BCUT2D eigenvalue weighted by Crippen LogP contribution is -2.27. The van der Waals surface area contributed by atoms with Gasteiger partial charge in [0.1, 0.15) is 17.5 Å². The predicted molar refractivity (Wildman–Crippen MR) is 106 cm³/mol. The summed E-state index contributed by atoms with van der Waals surface area (Å²) >= 11 is 0.892. The van der Waals surface area contributed by atoms with Gasteiger partial charge in [-0.3, -0.25) is 4.79 Å². The number of benzene rings is 2. The lowest BCUT2D eigenvalue weighted by atomic mass is 10.2. The topological polar surface area (TPSA) is 90.1 Å². The molecule has 7 nitrogen and oxygen atoms in total. The third-order valence-corrected chi connectivity index (χ3v) is 5.35. The number of hydrogen-bond acceptors (Lipinski definition) is 5. The minimum absolute atomic E-state index is 0.0428. The minimum Gasteiger partial charge on any atom is -0.497 e. The van der Waals surface area contributed by atoms with Gasteiger partial charge in [-0.2, -0.15) is 4.99 Å². The number of hydrogen-bond donors (Lipinski definition) is 1. The van der Waals surface area contributed by atoms with Gasteiger partial charge >= 0.3 is 12.3 Å². The van der Waals surface area contributed by atoms with Crippen molar-refractivity contribution in [2.24, 2.45) is 4.99 Å². The molecule has 0 spiro atoms. The van der Waals surface area contributed by atoms with Crippen molar-refractivity contribution in [3.63, 3.8) is 0 Å². The van der Waals surface area contributed by atoms with Gasteiger partial charge < -0.3 is 19.1 Å². The number of nitrogens with zero attached hydrogens (tertiary/aromatic N) is 2. The van der Waals surface area contributed by atoms with Crippen molar-refractivity contribution in [3.8, 4) is 11.5 Å². The van der Waals surface area contributed by atoms with Gasteiger partial charge in [0.15, 0.2) is 4.80 Å². The monoisotopic (exact) mass is 454 g/mol. The Kier molecular flexibility index (Phi) is 6.34. The molecule has 31 heavy (non-hydrogen) atoms. The lowest BCUT2D eigenvalue weighted by Gasteiger charge is -2.14. The van der Waals surface area contributed by atoms with Crippen molar-refractivity contribution >= 4 is 33.4 Å². The molecule has 3 aromatic rings. The Labute approximate surface area is 178 Å². The molecule has 0 saturated carbocycles. The highest BCUT2D eigenvalue weighted by atomic mass is 32.1. The molecule has 1 unspecified atom stereocenters. The summed E-state index contributed by atoms with van der Waals surface area (Å²) in [6, 6.07) is 8.72. The Hall–Kier alpha value is -3.34. The van der Waals surface area contributed by atoms with Crippen LogP contribution >= 0.6 is 11.3 Å². The average molecular weight is 454 g/mol. The number of thiazole rings is 1. The van der Waals surface area contributed by atoms with E-state index in [9.17, 15) is 27.9 Å². The number of carboxylic acids is 1. The summed E-state index contributed by atoms with van der Waals surface area (Å²) in [5, 5.41) is 9.62. The first-order valence-electron chi connectivity index (χ1n) is 8.99. The molecule has 164 valence electrons. The Balaban J connectivity index is 2.18. The van der Waals surface area contributed by atoms with E-state index >= 15 is 0 Å². The van der Waals surface area contributed by atoms with Crippen LogP contribution in [0, 0.1) is 0 Å². The van der Waals surface area contributed by atoms with E-state index in [1.54, 1.807) is 19.1 Å². The van der Waals surface area contributed by atoms with Gasteiger partial charge in [0.05, 0.1) is 17.3 Å². The van der Waals surface area contributed by atoms with E-state index in [-0.39, 0.29) is 16.8 Å². The lowest BCUT2D eigenvalue weighted by molar-refractivity contribution is -0.274. The van der Waals surface area contributed by atoms with Crippen LogP contribution in [0.2, 0.25) is 0 Å². The molecule has 11 heteroatoms. The molecule has 0 fully saturated rings. The third kappa shape index (κ3) is 5.05. The molecule has 0 aliphatic heterocycles. The van der Waals surface area contributed by atoms with Crippen LogP contribution in [0.4, 0.5) is 13.2 Å². The first-order chi connectivity index (χ1) is 14.6. The van der Waals surface area contributed by atoms with Gasteiger partial charge in [-0.25, -0.2) is 4.79 Å². The molecule has 1 amide bonds.